The summed E-state index contributed by atoms with van der Waals surface area (Å²) in [6.45, 7) is 0.877. The van der Waals surface area contributed by atoms with Crippen molar-refractivity contribution in [1.29, 1.82) is 0 Å². The van der Waals surface area contributed by atoms with Crippen LogP contribution in [0.5, 0.6) is 0 Å². The maximum Gasteiger partial charge on any atom is 0.242 e. The highest BCUT2D eigenvalue weighted by atomic mass is 35.5. The van der Waals surface area contributed by atoms with E-state index >= 15 is 0 Å². The van der Waals surface area contributed by atoms with Crippen LogP contribution in [0.2, 0.25) is 10.0 Å². The highest BCUT2D eigenvalue weighted by molar-refractivity contribution is 7.89. The van der Waals surface area contributed by atoms with E-state index in [1.54, 1.807) is 6.07 Å². The Labute approximate surface area is 111 Å². The van der Waals surface area contributed by atoms with E-state index in [9.17, 15) is 8.42 Å². The fraction of sp³-hybridized carbons (Fsp3) is 0.400. The minimum Gasteiger partial charge on any atom is -0.330 e. The van der Waals surface area contributed by atoms with Crippen molar-refractivity contribution in [3.63, 3.8) is 0 Å². The van der Waals surface area contributed by atoms with E-state index in [4.69, 9.17) is 28.9 Å². The monoisotopic (exact) mass is 296 g/mol. The third kappa shape index (κ3) is 4.12. The molecule has 0 aliphatic rings. The lowest BCUT2D eigenvalue weighted by Crippen LogP contribution is -2.25. The van der Waals surface area contributed by atoms with E-state index in [0.29, 0.717) is 19.5 Å². The largest absolute Gasteiger partial charge is 0.330 e. The molecule has 17 heavy (non-hydrogen) atoms. The summed E-state index contributed by atoms with van der Waals surface area (Å²) >= 11 is 11.6. The second-order valence-corrected chi connectivity index (χ2v) is 5.97. The van der Waals surface area contributed by atoms with Gasteiger partial charge in [-0.3, -0.25) is 0 Å². The number of sulfonamides is 1. The third-order valence-corrected chi connectivity index (χ3v) is 4.56. The first-order valence-corrected chi connectivity index (χ1v) is 7.36. The minimum absolute atomic E-state index is 0.000542. The summed E-state index contributed by atoms with van der Waals surface area (Å²) in [6, 6.07) is 4.50. The standard InChI is InChI=1S/C10H14Cl2N2O2S/c11-8-4-3-5-9(10(8)12)17(15,16)14-7-2-1-6-13/h3-5,14H,1-2,6-7,13H2. The van der Waals surface area contributed by atoms with E-state index in [1.807, 2.05) is 0 Å². The maximum absolute atomic E-state index is 11.9. The Morgan fingerprint density at radius 2 is 1.94 bits per heavy atom. The van der Waals surface area contributed by atoms with E-state index in [0.717, 1.165) is 6.42 Å². The molecule has 0 aliphatic heterocycles. The molecule has 0 aliphatic carbocycles. The smallest absolute Gasteiger partial charge is 0.242 e. The van der Waals surface area contributed by atoms with Crippen LogP contribution >= 0.6 is 23.2 Å². The maximum atomic E-state index is 11.9. The first kappa shape index (κ1) is 14.7. The normalized spacial score (nSPS) is 11.7. The third-order valence-electron chi connectivity index (χ3n) is 2.13. The quantitative estimate of drug-likeness (QED) is 0.789. The molecule has 0 saturated carbocycles. The Bertz CT molecular complexity index is 477. The van der Waals surface area contributed by atoms with Crippen LogP contribution in [0.3, 0.4) is 0 Å². The van der Waals surface area contributed by atoms with Crippen LogP contribution in [-0.2, 0) is 10.0 Å². The van der Waals surface area contributed by atoms with Gasteiger partial charge in [0, 0.05) is 6.54 Å². The van der Waals surface area contributed by atoms with Crippen molar-refractivity contribution in [1.82, 2.24) is 4.72 Å². The van der Waals surface area contributed by atoms with Crippen molar-refractivity contribution in [2.75, 3.05) is 13.1 Å². The molecule has 0 atom stereocenters. The molecule has 0 fully saturated rings. The van der Waals surface area contributed by atoms with Crippen LogP contribution in [0.25, 0.3) is 0 Å². The molecule has 3 N–H and O–H groups in total. The SMILES string of the molecule is NCCCCNS(=O)(=O)c1cccc(Cl)c1Cl. The second kappa shape index (κ2) is 6.56. The Balaban J connectivity index is 2.79. The molecule has 0 spiro atoms. The van der Waals surface area contributed by atoms with Crippen molar-refractivity contribution in [3.8, 4) is 0 Å². The predicted molar refractivity (Wildman–Crippen MR) is 69.9 cm³/mol. The van der Waals surface area contributed by atoms with Gasteiger partial charge in [-0.2, -0.15) is 0 Å². The molecule has 1 aromatic carbocycles. The topological polar surface area (TPSA) is 72.2 Å². The lowest BCUT2D eigenvalue weighted by atomic mass is 10.3. The summed E-state index contributed by atoms with van der Waals surface area (Å²) in [6.07, 6.45) is 1.46. The summed E-state index contributed by atoms with van der Waals surface area (Å²) in [4.78, 5) is -0.000542. The lowest BCUT2D eigenvalue weighted by Gasteiger charge is -2.08. The molecular weight excluding hydrogens is 283 g/mol. The van der Waals surface area contributed by atoms with Gasteiger partial charge in [0.1, 0.15) is 4.90 Å². The van der Waals surface area contributed by atoms with Crippen LogP contribution in [0.15, 0.2) is 23.1 Å². The minimum atomic E-state index is -3.60. The fourth-order valence-electron chi connectivity index (χ4n) is 1.25. The highest BCUT2D eigenvalue weighted by Gasteiger charge is 2.18. The van der Waals surface area contributed by atoms with Gasteiger partial charge in [-0.1, -0.05) is 29.3 Å². The molecule has 0 saturated heterocycles. The molecule has 0 radical (unpaired) electrons. The Morgan fingerprint density at radius 1 is 1.24 bits per heavy atom. The number of benzene rings is 1. The van der Waals surface area contributed by atoms with Crippen LogP contribution in [0.1, 0.15) is 12.8 Å². The Morgan fingerprint density at radius 3 is 2.59 bits per heavy atom. The van der Waals surface area contributed by atoms with Gasteiger partial charge in [-0.15, -0.1) is 0 Å². The number of hydrogen-bond acceptors (Lipinski definition) is 3. The molecule has 0 amide bonds. The number of hydrogen-bond donors (Lipinski definition) is 2. The summed E-state index contributed by atoms with van der Waals surface area (Å²) in [5, 5.41) is 0.261. The van der Waals surface area contributed by atoms with E-state index < -0.39 is 10.0 Å². The van der Waals surface area contributed by atoms with Gasteiger partial charge >= 0.3 is 0 Å². The fourth-order valence-corrected chi connectivity index (χ4v) is 3.08. The number of nitrogens with two attached hydrogens (primary N) is 1. The predicted octanol–water partition coefficient (Wildman–Crippen LogP) is 2.01. The van der Waals surface area contributed by atoms with E-state index in [-0.39, 0.29) is 14.9 Å². The van der Waals surface area contributed by atoms with Crippen LogP contribution in [0.4, 0.5) is 0 Å². The zero-order chi connectivity index (χ0) is 12.9. The van der Waals surface area contributed by atoms with Crippen LogP contribution in [-0.4, -0.2) is 21.5 Å². The number of rotatable bonds is 6. The first-order valence-electron chi connectivity index (χ1n) is 5.13. The zero-order valence-electron chi connectivity index (χ0n) is 9.12. The summed E-state index contributed by atoms with van der Waals surface area (Å²) in [7, 11) is -3.60. The van der Waals surface area contributed by atoms with Gasteiger partial charge in [-0.25, -0.2) is 13.1 Å². The lowest BCUT2D eigenvalue weighted by molar-refractivity contribution is 0.577. The van der Waals surface area contributed by atoms with Crippen molar-refractivity contribution in [2.24, 2.45) is 5.73 Å². The highest BCUT2D eigenvalue weighted by Crippen LogP contribution is 2.28. The van der Waals surface area contributed by atoms with Gasteiger partial charge in [0.15, 0.2) is 0 Å². The van der Waals surface area contributed by atoms with Gasteiger partial charge in [-0.05, 0) is 31.5 Å². The number of halogens is 2. The number of unbranched alkanes of at least 4 members (excludes halogenated alkanes) is 1. The molecule has 1 rings (SSSR count). The van der Waals surface area contributed by atoms with Crippen molar-refractivity contribution in [2.45, 2.75) is 17.7 Å². The van der Waals surface area contributed by atoms with Crippen molar-refractivity contribution >= 4 is 33.2 Å². The molecule has 96 valence electrons. The van der Waals surface area contributed by atoms with Gasteiger partial charge < -0.3 is 5.73 Å². The molecule has 0 heterocycles. The Kier molecular flexibility index (Phi) is 5.69. The van der Waals surface area contributed by atoms with E-state index in [1.165, 1.54) is 12.1 Å². The molecule has 4 nitrogen and oxygen atoms in total. The van der Waals surface area contributed by atoms with Crippen LogP contribution < -0.4 is 10.5 Å². The van der Waals surface area contributed by atoms with E-state index in [2.05, 4.69) is 4.72 Å². The van der Waals surface area contributed by atoms with Crippen molar-refractivity contribution < 1.29 is 8.42 Å². The second-order valence-electron chi connectivity index (χ2n) is 3.45. The van der Waals surface area contributed by atoms with Crippen LogP contribution in [0, 0.1) is 0 Å². The Hall–Kier alpha value is -0.330. The number of nitrogens with one attached hydrogen (secondary N) is 1. The van der Waals surface area contributed by atoms with Gasteiger partial charge in [0.25, 0.3) is 0 Å². The molecule has 0 unspecified atom stereocenters. The molecule has 7 heteroatoms. The summed E-state index contributed by atoms with van der Waals surface area (Å²) in [5.41, 5.74) is 5.32. The van der Waals surface area contributed by atoms with Crippen molar-refractivity contribution in [3.05, 3.63) is 28.2 Å². The molecular formula is C10H14Cl2N2O2S. The van der Waals surface area contributed by atoms with Gasteiger partial charge in [0.2, 0.25) is 10.0 Å². The zero-order valence-corrected chi connectivity index (χ0v) is 11.4. The average molecular weight is 297 g/mol. The molecule has 0 bridgehead atoms. The molecule has 0 aromatic heterocycles. The first-order chi connectivity index (χ1) is 7.99. The summed E-state index contributed by atoms with van der Waals surface area (Å²) < 4.78 is 26.2. The van der Waals surface area contributed by atoms with Gasteiger partial charge in [0.05, 0.1) is 10.0 Å². The average Bonchev–Trinajstić information content (AvgIpc) is 2.28. The molecule has 1 aromatic rings. The summed E-state index contributed by atoms with van der Waals surface area (Å²) in [5.74, 6) is 0.